The number of carbonyl (C=O) groups excluding carboxylic acids is 1. The SMILES string of the molecule is Cc1cnc(C(C)NC(=O)NC(C)(C(=O)O)C2CC2)s1. The number of thiazole rings is 1. The van der Waals surface area contributed by atoms with Gasteiger partial charge in [-0.3, -0.25) is 0 Å². The van der Waals surface area contributed by atoms with Gasteiger partial charge < -0.3 is 15.7 Å². The number of urea groups is 1. The Hall–Kier alpha value is -1.63. The quantitative estimate of drug-likeness (QED) is 0.776. The summed E-state index contributed by atoms with van der Waals surface area (Å²) in [6, 6.07) is -0.715. The van der Waals surface area contributed by atoms with Crippen LogP contribution < -0.4 is 10.6 Å². The first-order valence-electron chi connectivity index (χ1n) is 6.57. The van der Waals surface area contributed by atoms with Crippen molar-refractivity contribution in [1.29, 1.82) is 0 Å². The van der Waals surface area contributed by atoms with E-state index >= 15 is 0 Å². The highest BCUT2D eigenvalue weighted by molar-refractivity contribution is 7.11. The third kappa shape index (κ3) is 3.09. The maximum atomic E-state index is 12.0. The van der Waals surface area contributed by atoms with Crippen LogP contribution in [-0.2, 0) is 4.79 Å². The van der Waals surface area contributed by atoms with Crippen molar-refractivity contribution in [1.82, 2.24) is 15.6 Å². The Morgan fingerprint density at radius 2 is 2.20 bits per heavy atom. The summed E-state index contributed by atoms with van der Waals surface area (Å²) in [6.45, 7) is 5.33. The Morgan fingerprint density at radius 1 is 1.55 bits per heavy atom. The Balaban J connectivity index is 1.96. The Kier molecular flexibility index (Phi) is 3.99. The van der Waals surface area contributed by atoms with Crippen molar-refractivity contribution in [2.75, 3.05) is 0 Å². The molecule has 1 aliphatic carbocycles. The Labute approximate surface area is 121 Å². The summed E-state index contributed by atoms with van der Waals surface area (Å²) in [6.07, 6.45) is 3.43. The van der Waals surface area contributed by atoms with E-state index < -0.39 is 17.5 Å². The number of carboxylic acid groups (broad SMARTS) is 1. The van der Waals surface area contributed by atoms with Crippen molar-refractivity contribution in [3.8, 4) is 0 Å². The van der Waals surface area contributed by atoms with Gasteiger partial charge in [0.05, 0.1) is 6.04 Å². The molecule has 1 saturated carbocycles. The molecule has 0 radical (unpaired) electrons. The third-order valence-electron chi connectivity index (χ3n) is 3.57. The van der Waals surface area contributed by atoms with E-state index in [1.807, 2.05) is 13.8 Å². The van der Waals surface area contributed by atoms with Gasteiger partial charge in [0.25, 0.3) is 0 Å². The number of hydrogen-bond acceptors (Lipinski definition) is 4. The maximum Gasteiger partial charge on any atom is 0.329 e. The molecule has 7 heteroatoms. The minimum atomic E-state index is -1.19. The minimum Gasteiger partial charge on any atom is -0.480 e. The molecule has 2 amide bonds. The molecule has 1 heterocycles. The molecule has 1 aromatic heterocycles. The smallest absolute Gasteiger partial charge is 0.329 e. The summed E-state index contributed by atoms with van der Waals surface area (Å²) in [5.74, 6) is -0.976. The molecule has 0 bridgehead atoms. The van der Waals surface area contributed by atoms with E-state index in [0.29, 0.717) is 0 Å². The number of aliphatic carboxylic acids is 1. The predicted octanol–water partition coefficient (Wildman–Crippen LogP) is 2.07. The van der Waals surface area contributed by atoms with Crippen molar-refractivity contribution in [3.05, 3.63) is 16.1 Å². The Bertz CT molecular complexity index is 527. The third-order valence-corrected chi connectivity index (χ3v) is 4.66. The van der Waals surface area contributed by atoms with Crippen LogP contribution in [0.1, 0.15) is 42.6 Å². The van der Waals surface area contributed by atoms with Gasteiger partial charge in [-0.15, -0.1) is 11.3 Å². The monoisotopic (exact) mass is 297 g/mol. The van der Waals surface area contributed by atoms with E-state index in [0.717, 1.165) is 22.7 Å². The molecular weight excluding hydrogens is 278 g/mol. The van der Waals surface area contributed by atoms with Gasteiger partial charge in [-0.05, 0) is 39.5 Å². The highest BCUT2D eigenvalue weighted by Crippen LogP contribution is 2.39. The largest absolute Gasteiger partial charge is 0.480 e. The molecule has 2 atom stereocenters. The van der Waals surface area contributed by atoms with Gasteiger partial charge in [0, 0.05) is 11.1 Å². The first-order valence-corrected chi connectivity index (χ1v) is 7.39. The molecule has 0 aliphatic heterocycles. The number of aromatic nitrogens is 1. The van der Waals surface area contributed by atoms with E-state index in [9.17, 15) is 14.7 Å². The second-order valence-corrected chi connectivity index (χ2v) is 6.68. The summed E-state index contributed by atoms with van der Waals surface area (Å²) < 4.78 is 0. The number of aryl methyl sites for hydroxylation is 1. The van der Waals surface area contributed by atoms with Crippen molar-refractivity contribution in [2.45, 2.75) is 45.2 Å². The molecule has 1 fully saturated rings. The summed E-state index contributed by atoms with van der Waals surface area (Å²) >= 11 is 1.51. The van der Waals surface area contributed by atoms with Crippen LogP contribution >= 0.6 is 11.3 Å². The van der Waals surface area contributed by atoms with Crippen molar-refractivity contribution in [2.24, 2.45) is 5.92 Å². The van der Waals surface area contributed by atoms with Crippen LogP contribution in [0.3, 0.4) is 0 Å². The molecule has 0 aromatic carbocycles. The van der Waals surface area contributed by atoms with Gasteiger partial charge >= 0.3 is 12.0 Å². The minimum absolute atomic E-state index is 0.0168. The van der Waals surface area contributed by atoms with Crippen LogP contribution in [0.15, 0.2) is 6.20 Å². The average Bonchev–Trinajstić information content (AvgIpc) is 3.11. The topological polar surface area (TPSA) is 91.3 Å². The lowest BCUT2D eigenvalue weighted by Crippen LogP contribution is -2.56. The molecule has 2 unspecified atom stereocenters. The van der Waals surface area contributed by atoms with E-state index in [1.54, 1.807) is 13.1 Å². The number of carbonyl (C=O) groups is 2. The van der Waals surface area contributed by atoms with E-state index in [1.165, 1.54) is 11.3 Å². The zero-order chi connectivity index (χ0) is 14.9. The van der Waals surface area contributed by atoms with Crippen LogP contribution in [0.5, 0.6) is 0 Å². The van der Waals surface area contributed by atoms with Crippen LogP contribution in [-0.4, -0.2) is 27.6 Å². The molecule has 20 heavy (non-hydrogen) atoms. The van der Waals surface area contributed by atoms with Gasteiger partial charge in [-0.25, -0.2) is 14.6 Å². The zero-order valence-corrected chi connectivity index (χ0v) is 12.6. The second kappa shape index (κ2) is 5.40. The number of nitrogens with one attached hydrogen (secondary N) is 2. The lowest BCUT2D eigenvalue weighted by Gasteiger charge is -2.27. The van der Waals surface area contributed by atoms with Gasteiger partial charge in [0.15, 0.2) is 0 Å². The van der Waals surface area contributed by atoms with Crippen LogP contribution in [0.4, 0.5) is 4.79 Å². The molecule has 110 valence electrons. The highest BCUT2D eigenvalue weighted by Gasteiger charge is 2.48. The summed E-state index contributed by atoms with van der Waals surface area (Å²) in [4.78, 5) is 28.6. The molecule has 0 saturated heterocycles. The number of amides is 2. The number of hydrogen-bond donors (Lipinski definition) is 3. The number of carboxylic acids is 1. The van der Waals surface area contributed by atoms with Crippen LogP contribution in [0, 0.1) is 12.8 Å². The standard InChI is InChI=1S/C13H19N3O3S/c1-7-6-14-10(20-7)8(2)15-12(19)16-13(3,11(17)18)9-4-5-9/h6,8-9H,4-5H2,1-3H3,(H,17,18)(H2,15,16,19). The highest BCUT2D eigenvalue weighted by atomic mass is 32.1. The lowest BCUT2D eigenvalue weighted by molar-refractivity contribution is -0.144. The van der Waals surface area contributed by atoms with Gasteiger partial charge in [-0.2, -0.15) is 0 Å². The molecule has 2 rings (SSSR count). The van der Waals surface area contributed by atoms with E-state index in [-0.39, 0.29) is 12.0 Å². The van der Waals surface area contributed by atoms with Crippen molar-refractivity contribution >= 4 is 23.3 Å². The van der Waals surface area contributed by atoms with Gasteiger partial charge in [0.1, 0.15) is 10.5 Å². The molecular formula is C13H19N3O3S. The first-order chi connectivity index (χ1) is 9.33. The first kappa shape index (κ1) is 14.8. The molecule has 0 spiro atoms. The fraction of sp³-hybridized carbons (Fsp3) is 0.615. The molecule has 6 nitrogen and oxygen atoms in total. The fourth-order valence-corrected chi connectivity index (χ4v) is 2.87. The van der Waals surface area contributed by atoms with Gasteiger partial charge in [-0.1, -0.05) is 0 Å². The number of rotatable bonds is 5. The van der Waals surface area contributed by atoms with Crippen molar-refractivity contribution in [3.63, 3.8) is 0 Å². The Morgan fingerprint density at radius 3 is 2.65 bits per heavy atom. The number of nitrogens with zero attached hydrogens (tertiary/aromatic N) is 1. The second-order valence-electron chi connectivity index (χ2n) is 5.41. The predicted molar refractivity (Wildman–Crippen MR) is 75.7 cm³/mol. The lowest BCUT2D eigenvalue weighted by atomic mass is 9.96. The molecule has 3 N–H and O–H groups in total. The molecule has 1 aromatic rings. The summed E-state index contributed by atoms with van der Waals surface area (Å²) in [5.41, 5.74) is -1.19. The summed E-state index contributed by atoms with van der Waals surface area (Å²) in [7, 11) is 0. The van der Waals surface area contributed by atoms with Crippen LogP contribution in [0.25, 0.3) is 0 Å². The zero-order valence-electron chi connectivity index (χ0n) is 11.8. The fourth-order valence-electron chi connectivity index (χ4n) is 2.09. The van der Waals surface area contributed by atoms with Gasteiger partial charge in [0.2, 0.25) is 0 Å². The maximum absolute atomic E-state index is 12.0. The van der Waals surface area contributed by atoms with Crippen molar-refractivity contribution < 1.29 is 14.7 Å². The average molecular weight is 297 g/mol. The normalized spacial score (nSPS) is 18.9. The van der Waals surface area contributed by atoms with Crippen LogP contribution in [0.2, 0.25) is 0 Å². The molecule has 1 aliphatic rings. The van der Waals surface area contributed by atoms with E-state index in [4.69, 9.17) is 0 Å². The summed E-state index contributed by atoms with van der Waals surface area (Å²) in [5, 5.41) is 15.4. The van der Waals surface area contributed by atoms with E-state index in [2.05, 4.69) is 15.6 Å².